The number of carbonyl (C=O) groups excluding carboxylic acids is 2. The first kappa shape index (κ1) is 28.1. The largest absolute Gasteiger partial charge is 0.506 e. The summed E-state index contributed by atoms with van der Waals surface area (Å²) in [7, 11) is 1.41. The van der Waals surface area contributed by atoms with E-state index in [1.807, 2.05) is 0 Å². The first-order valence-corrected chi connectivity index (χ1v) is 12.3. The molecule has 0 spiro atoms. The number of rotatable bonds is 7. The van der Waals surface area contributed by atoms with Crippen LogP contribution in [0.15, 0.2) is 33.5 Å². The zero-order valence-corrected chi connectivity index (χ0v) is 22.4. The zero-order valence-electron chi connectivity index (χ0n) is 22.4. The highest BCUT2D eigenvalue weighted by molar-refractivity contribution is 5.99. The van der Waals surface area contributed by atoms with Crippen LogP contribution in [0.3, 0.4) is 0 Å². The molecule has 39 heavy (non-hydrogen) atoms. The van der Waals surface area contributed by atoms with Gasteiger partial charge >= 0.3 is 17.6 Å². The predicted octanol–water partition coefficient (Wildman–Crippen LogP) is 2.74. The maximum atomic E-state index is 12.8. The summed E-state index contributed by atoms with van der Waals surface area (Å²) < 4.78 is 33.4. The number of methoxy groups -OCH3 is 1. The van der Waals surface area contributed by atoms with Gasteiger partial charge in [0.2, 0.25) is 6.29 Å². The van der Waals surface area contributed by atoms with E-state index in [4.69, 9.17) is 28.1 Å². The number of aliphatic hydroxyl groups excluding tert-OH is 1. The minimum absolute atomic E-state index is 0.00644. The number of fused-ring (bicyclic) bond motifs is 1. The third-order valence-electron chi connectivity index (χ3n) is 6.54. The summed E-state index contributed by atoms with van der Waals surface area (Å²) in [4.78, 5) is 40.3. The van der Waals surface area contributed by atoms with Gasteiger partial charge in [-0.25, -0.2) is 14.4 Å². The molecule has 12 nitrogen and oxygen atoms in total. The number of benzene rings is 1. The van der Waals surface area contributed by atoms with Gasteiger partial charge in [0.05, 0.1) is 17.6 Å². The molecule has 3 heterocycles. The maximum Gasteiger partial charge on any atom is 0.355 e. The van der Waals surface area contributed by atoms with Crippen molar-refractivity contribution in [3.05, 3.63) is 57.2 Å². The van der Waals surface area contributed by atoms with E-state index in [0.29, 0.717) is 0 Å². The molecule has 1 aliphatic heterocycles. The molecular formula is C27H31NO11. The normalized spacial score (nSPS) is 22.4. The van der Waals surface area contributed by atoms with Gasteiger partial charge in [-0.1, -0.05) is 0 Å². The van der Waals surface area contributed by atoms with Crippen LogP contribution in [-0.4, -0.2) is 71.1 Å². The van der Waals surface area contributed by atoms with Gasteiger partial charge in [0.25, 0.3) is 0 Å². The second-order valence-electron chi connectivity index (χ2n) is 9.68. The molecule has 4 rings (SSSR count). The Morgan fingerprint density at radius 1 is 1.13 bits per heavy atom. The topological polar surface area (TPSA) is 167 Å². The van der Waals surface area contributed by atoms with E-state index in [0.717, 1.165) is 5.69 Å². The highest BCUT2D eigenvalue weighted by Gasteiger charge is 2.53. The molecule has 0 unspecified atom stereocenters. The molecule has 0 aliphatic carbocycles. The first-order valence-electron chi connectivity index (χ1n) is 12.3. The van der Waals surface area contributed by atoms with Crippen molar-refractivity contribution in [3.8, 4) is 11.5 Å². The van der Waals surface area contributed by atoms with Crippen LogP contribution < -0.4 is 10.4 Å². The van der Waals surface area contributed by atoms with Gasteiger partial charge in [0.1, 0.15) is 28.9 Å². The molecular weight excluding hydrogens is 514 g/mol. The third-order valence-corrected chi connectivity index (χ3v) is 6.54. The molecule has 12 heteroatoms. The molecule has 4 atom stereocenters. The number of hydrogen-bond donors (Lipinski definition) is 3. The summed E-state index contributed by atoms with van der Waals surface area (Å²) in [5.41, 5.74) is -1.54. The zero-order chi connectivity index (χ0) is 28.6. The Morgan fingerprint density at radius 3 is 2.46 bits per heavy atom. The van der Waals surface area contributed by atoms with Crippen LogP contribution >= 0.6 is 0 Å². The van der Waals surface area contributed by atoms with Gasteiger partial charge in [0, 0.05) is 18.4 Å². The van der Waals surface area contributed by atoms with E-state index in [1.54, 1.807) is 46.8 Å². The molecule has 1 aliphatic rings. The minimum atomic E-state index is -1.48. The van der Waals surface area contributed by atoms with Crippen molar-refractivity contribution in [1.29, 1.82) is 0 Å². The van der Waals surface area contributed by atoms with Gasteiger partial charge in [-0.3, -0.25) is 0 Å². The molecule has 0 amide bonds. The van der Waals surface area contributed by atoms with E-state index in [2.05, 4.69) is 4.98 Å². The highest BCUT2D eigenvalue weighted by atomic mass is 16.7. The van der Waals surface area contributed by atoms with Crippen molar-refractivity contribution in [3.63, 3.8) is 0 Å². The number of aromatic hydroxyl groups is 1. The number of aryl methyl sites for hydroxylation is 2. The van der Waals surface area contributed by atoms with Crippen LogP contribution in [0.4, 0.5) is 0 Å². The minimum Gasteiger partial charge on any atom is -0.506 e. The molecule has 0 bridgehead atoms. The summed E-state index contributed by atoms with van der Waals surface area (Å²) in [5, 5.41) is 21.9. The average Bonchev–Trinajstić information content (AvgIpc) is 3.30. The van der Waals surface area contributed by atoms with E-state index in [9.17, 15) is 24.6 Å². The van der Waals surface area contributed by atoms with Crippen molar-refractivity contribution in [2.45, 2.75) is 64.8 Å². The van der Waals surface area contributed by atoms with Gasteiger partial charge in [-0.2, -0.15) is 0 Å². The summed E-state index contributed by atoms with van der Waals surface area (Å²) in [6, 6.07) is 6.14. The Morgan fingerprint density at radius 2 is 1.85 bits per heavy atom. The van der Waals surface area contributed by atoms with Crippen LogP contribution in [0.25, 0.3) is 11.0 Å². The van der Waals surface area contributed by atoms with Crippen molar-refractivity contribution in [2.75, 3.05) is 13.7 Å². The van der Waals surface area contributed by atoms with E-state index < -0.39 is 59.1 Å². The Balaban J connectivity index is 1.66. The standard InChI is InChI=1S/C27H31NO11/c1-7-35-24(32)17-18(29)14-9-11-16(13(3)20(14)37-25(17)33)36-26-19(30)21(22(34-6)27(4,5)39-26)38-23(31)15-10-8-12(2)28-15/h8-11,19,21-22,26,28-30H,7H2,1-6H3/t19-,21+,22-,26-/m1/s1. The number of ether oxygens (including phenoxy) is 5. The second-order valence-corrected chi connectivity index (χ2v) is 9.68. The van der Waals surface area contributed by atoms with Crippen LogP contribution in [0.1, 0.15) is 52.9 Å². The molecule has 1 aromatic carbocycles. The monoisotopic (exact) mass is 545 g/mol. The molecule has 3 aromatic rings. The van der Waals surface area contributed by atoms with Crippen molar-refractivity contribution < 1.29 is 47.9 Å². The van der Waals surface area contributed by atoms with Crippen molar-refractivity contribution >= 4 is 22.9 Å². The average molecular weight is 546 g/mol. The van der Waals surface area contributed by atoms with Crippen LogP contribution in [0.2, 0.25) is 0 Å². The number of aromatic amines is 1. The fourth-order valence-corrected chi connectivity index (χ4v) is 4.62. The third kappa shape index (κ3) is 5.22. The Labute approximate surface area is 223 Å². The Bertz CT molecular complexity index is 1450. The molecule has 3 N–H and O–H groups in total. The van der Waals surface area contributed by atoms with Gasteiger partial charge < -0.3 is 43.3 Å². The van der Waals surface area contributed by atoms with E-state index >= 15 is 0 Å². The van der Waals surface area contributed by atoms with Crippen LogP contribution in [-0.2, 0) is 18.9 Å². The molecule has 1 saturated heterocycles. The fraction of sp³-hybridized carbons (Fsp3) is 0.444. The van der Waals surface area contributed by atoms with E-state index in [-0.39, 0.29) is 34.6 Å². The highest BCUT2D eigenvalue weighted by Crippen LogP contribution is 2.38. The van der Waals surface area contributed by atoms with Crippen molar-refractivity contribution in [2.24, 2.45) is 0 Å². The summed E-state index contributed by atoms with van der Waals surface area (Å²) >= 11 is 0. The molecule has 0 saturated carbocycles. The lowest BCUT2D eigenvalue weighted by molar-refractivity contribution is -0.305. The molecule has 1 fully saturated rings. The quantitative estimate of drug-likeness (QED) is 0.295. The SMILES string of the molecule is CCOC(=O)c1c(O)c2ccc(O[C@@H]3OC(C)(C)[C@H](OC)[C@@H](OC(=O)c4ccc(C)[nH]4)[C@H]3O)c(C)c2oc1=O. The Kier molecular flexibility index (Phi) is 7.73. The summed E-state index contributed by atoms with van der Waals surface area (Å²) in [6.45, 7) is 8.32. The van der Waals surface area contributed by atoms with Gasteiger partial charge in [0.15, 0.2) is 17.8 Å². The van der Waals surface area contributed by atoms with Gasteiger partial charge in [-0.15, -0.1) is 0 Å². The number of aromatic nitrogens is 1. The smallest absolute Gasteiger partial charge is 0.355 e. The second kappa shape index (κ2) is 10.7. The molecule has 210 valence electrons. The lowest BCUT2D eigenvalue weighted by atomic mass is 9.89. The number of aliphatic hydroxyl groups is 1. The molecule has 0 radical (unpaired) electrons. The lowest BCUT2D eigenvalue weighted by Crippen LogP contribution is -2.65. The number of H-pyrrole nitrogens is 1. The van der Waals surface area contributed by atoms with Crippen LogP contribution in [0, 0.1) is 13.8 Å². The van der Waals surface area contributed by atoms with E-state index in [1.165, 1.54) is 19.2 Å². The fourth-order valence-electron chi connectivity index (χ4n) is 4.62. The summed E-state index contributed by atoms with van der Waals surface area (Å²) in [5.74, 6) is -2.14. The first-order chi connectivity index (χ1) is 18.4. The number of nitrogens with one attached hydrogen (secondary N) is 1. The molecule has 2 aromatic heterocycles. The lowest BCUT2D eigenvalue weighted by Gasteiger charge is -2.47. The maximum absolute atomic E-state index is 12.8. The number of carbonyl (C=O) groups is 2. The Hall–Kier alpha value is -3.87. The summed E-state index contributed by atoms with van der Waals surface area (Å²) in [6.07, 6.45) is -4.83. The number of hydrogen-bond acceptors (Lipinski definition) is 11. The van der Waals surface area contributed by atoms with Gasteiger partial charge in [-0.05, 0) is 58.9 Å². The number of esters is 2. The van der Waals surface area contributed by atoms with Crippen molar-refractivity contribution in [1.82, 2.24) is 4.98 Å². The predicted molar refractivity (Wildman–Crippen MR) is 136 cm³/mol. The van der Waals surface area contributed by atoms with Crippen LogP contribution in [0.5, 0.6) is 11.5 Å².